The Bertz CT molecular complexity index is 510. The van der Waals surface area contributed by atoms with Gasteiger partial charge in [-0.3, -0.25) is 4.55 Å². The van der Waals surface area contributed by atoms with Crippen molar-refractivity contribution in [2.75, 3.05) is 19.8 Å². The molecule has 19 heavy (non-hydrogen) atoms. The Morgan fingerprint density at radius 2 is 2.00 bits per heavy atom. The molecule has 1 aromatic rings. The monoisotopic (exact) mass is 288 g/mol. The predicted octanol–water partition coefficient (Wildman–Crippen LogP) is 2.36. The minimum Gasteiger partial charge on any atom is -0.379 e. The van der Waals surface area contributed by atoms with E-state index >= 15 is 0 Å². The van der Waals surface area contributed by atoms with Gasteiger partial charge in [-0.05, 0) is 26.8 Å². The summed E-state index contributed by atoms with van der Waals surface area (Å²) in [7, 11) is -4.24. The summed E-state index contributed by atoms with van der Waals surface area (Å²) < 4.78 is 42.5. The molecule has 1 aromatic carbocycles. The van der Waals surface area contributed by atoms with Crippen LogP contribution in [0.1, 0.15) is 31.1 Å². The first-order valence-corrected chi connectivity index (χ1v) is 7.57. The highest BCUT2D eigenvalue weighted by molar-refractivity contribution is 7.85. The molecular formula is C13H20O5S. The van der Waals surface area contributed by atoms with Crippen LogP contribution >= 0.6 is 0 Å². The highest BCUT2D eigenvalue weighted by Gasteiger charge is 2.19. The lowest BCUT2D eigenvalue weighted by Gasteiger charge is -2.16. The van der Waals surface area contributed by atoms with Gasteiger partial charge in [0.05, 0.1) is 24.2 Å². The Labute approximate surface area is 114 Å². The SMILES string of the molecule is CCOCCOC(C)c1cc(C)ccc1S(=O)(=O)O. The van der Waals surface area contributed by atoms with E-state index in [-0.39, 0.29) is 4.90 Å². The van der Waals surface area contributed by atoms with Crippen molar-refractivity contribution in [3.63, 3.8) is 0 Å². The third-order valence-electron chi connectivity index (χ3n) is 2.68. The molecule has 0 saturated heterocycles. The fraction of sp³-hybridized carbons (Fsp3) is 0.538. The molecule has 1 rings (SSSR count). The minimum absolute atomic E-state index is 0.109. The van der Waals surface area contributed by atoms with Crippen LogP contribution in [0.2, 0.25) is 0 Å². The van der Waals surface area contributed by atoms with Crippen molar-refractivity contribution in [3.8, 4) is 0 Å². The Morgan fingerprint density at radius 3 is 2.58 bits per heavy atom. The van der Waals surface area contributed by atoms with E-state index in [1.165, 1.54) is 6.07 Å². The van der Waals surface area contributed by atoms with Crippen LogP contribution in [-0.4, -0.2) is 32.8 Å². The van der Waals surface area contributed by atoms with Gasteiger partial charge >= 0.3 is 0 Å². The van der Waals surface area contributed by atoms with Crippen LogP contribution in [0.25, 0.3) is 0 Å². The third kappa shape index (κ3) is 4.91. The van der Waals surface area contributed by atoms with Crippen molar-refractivity contribution >= 4 is 10.1 Å². The van der Waals surface area contributed by atoms with Gasteiger partial charge in [0.1, 0.15) is 0 Å². The molecule has 6 heteroatoms. The first kappa shape index (κ1) is 16.1. The van der Waals surface area contributed by atoms with Gasteiger partial charge in [-0.2, -0.15) is 8.42 Å². The van der Waals surface area contributed by atoms with E-state index in [0.29, 0.717) is 25.4 Å². The maximum Gasteiger partial charge on any atom is 0.294 e. The van der Waals surface area contributed by atoms with Crippen molar-refractivity contribution in [2.45, 2.75) is 31.8 Å². The topological polar surface area (TPSA) is 72.8 Å². The lowest BCUT2D eigenvalue weighted by atomic mass is 10.1. The van der Waals surface area contributed by atoms with Crippen molar-refractivity contribution in [1.82, 2.24) is 0 Å². The van der Waals surface area contributed by atoms with Crippen molar-refractivity contribution in [1.29, 1.82) is 0 Å². The molecule has 1 unspecified atom stereocenters. The maximum absolute atomic E-state index is 11.3. The molecule has 0 aliphatic heterocycles. The number of rotatable bonds is 7. The summed E-state index contributed by atoms with van der Waals surface area (Å²) in [5.74, 6) is 0. The van der Waals surface area contributed by atoms with Crippen molar-refractivity contribution in [2.24, 2.45) is 0 Å². The molecule has 5 nitrogen and oxygen atoms in total. The Kier molecular flexibility index (Phi) is 5.93. The zero-order valence-corrected chi connectivity index (χ0v) is 12.2. The molecule has 0 fully saturated rings. The number of hydrogen-bond donors (Lipinski definition) is 1. The molecule has 0 aliphatic rings. The molecule has 0 heterocycles. The summed E-state index contributed by atoms with van der Waals surface area (Å²) in [6.07, 6.45) is -0.433. The lowest BCUT2D eigenvalue weighted by molar-refractivity contribution is 0.0135. The molecular weight excluding hydrogens is 268 g/mol. The minimum atomic E-state index is -4.24. The van der Waals surface area contributed by atoms with E-state index in [9.17, 15) is 13.0 Å². The van der Waals surface area contributed by atoms with Gasteiger partial charge in [-0.15, -0.1) is 0 Å². The molecule has 0 bridgehead atoms. The zero-order chi connectivity index (χ0) is 14.5. The Hall–Kier alpha value is -0.950. The molecule has 0 amide bonds. The first-order valence-electron chi connectivity index (χ1n) is 6.13. The summed E-state index contributed by atoms with van der Waals surface area (Å²) in [4.78, 5) is -0.109. The molecule has 0 aromatic heterocycles. The van der Waals surface area contributed by atoms with Crippen LogP contribution in [0.5, 0.6) is 0 Å². The van der Waals surface area contributed by atoms with Crippen LogP contribution in [0.3, 0.4) is 0 Å². The molecule has 0 spiro atoms. The van der Waals surface area contributed by atoms with Crippen LogP contribution in [0.15, 0.2) is 23.1 Å². The number of ether oxygens (including phenoxy) is 2. The second-order valence-corrected chi connectivity index (χ2v) is 5.62. The number of hydrogen-bond acceptors (Lipinski definition) is 4. The van der Waals surface area contributed by atoms with Gasteiger partial charge in [0, 0.05) is 12.2 Å². The van der Waals surface area contributed by atoms with Gasteiger partial charge in [0.2, 0.25) is 0 Å². The van der Waals surface area contributed by atoms with Gasteiger partial charge in [-0.1, -0.05) is 17.7 Å². The number of benzene rings is 1. The second kappa shape index (κ2) is 7.00. The zero-order valence-electron chi connectivity index (χ0n) is 11.4. The van der Waals surface area contributed by atoms with E-state index in [1.54, 1.807) is 19.1 Å². The Morgan fingerprint density at radius 1 is 1.32 bits per heavy atom. The predicted molar refractivity (Wildman–Crippen MR) is 71.9 cm³/mol. The smallest absolute Gasteiger partial charge is 0.294 e. The quantitative estimate of drug-likeness (QED) is 0.616. The Balaban J connectivity index is 2.89. The maximum atomic E-state index is 11.3. The highest BCUT2D eigenvalue weighted by Crippen LogP contribution is 2.26. The molecule has 108 valence electrons. The standard InChI is InChI=1S/C13H20O5S/c1-4-17-7-8-18-11(3)12-9-10(2)5-6-13(12)19(14,15)16/h5-6,9,11H,4,7-8H2,1-3H3,(H,14,15,16). The second-order valence-electron chi connectivity index (χ2n) is 4.23. The van der Waals surface area contributed by atoms with Gasteiger partial charge in [0.25, 0.3) is 10.1 Å². The summed E-state index contributed by atoms with van der Waals surface area (Å²) >= 11 is 0. The average molecular weight is 288 g/mol. The first-order chi connectivity index (χ1) is 8.86. The van der Waals surface area contributed by atoms with E-state index in [2.05, 4.69) is 0 Å². The summed E-state index contributed by atoms with van der Waals surface area (Å²) in [6.45, 7) is 6.92. The summed E-state index contributed by atoms with van der Waals surface area (Å²) in [5, 5.41) is 0. The fourth-order valence-electron chi connectivity index (χ4n) is 1.74. The van der Waals surface area contributed by atoms with Gasteiger partial charge < -0.3 is 9.47 Å². The van der Waals surface area contributed by atoms with E-state index in [1.807, 2.05) is 13.8 Å². The average Bonchev–Trinajstić information content (AvgIpc) is 2.32. The molecule has 0 aliphatic carbocycles. The van der Waals surface area contributed by atoms with Gasteiger partial charge in [0.15, 0.2) is 0 Å². The molecule has 1 atom stereocenters. The van der Waals surface area contributed by atoms with Gasteiger partial charge in [-0.25, -0.2) is 0 Å². The normalized spacial score (nSPS) is 13.5. The van der Waals surface area contributed by atoms with Crippen LogP contribution in [0.4, 0.5) is 0 Å². The highest BCUT2D eigenvalue weighted by atomic mass is 32.2. The van der Waals surface area contributed by atoms with E-state index in [4.69, 9.17) is 9.47 Å². The largest absolute Gasteiger partial charge is 0.379 e. The molecule has 1 N–H and O–H groups in total. The van der Waals surface area contributed by atoms with E-state index < -0.39 is 16.2 Å². The van der Waals surface area contributed by atoms with E-state index in [0.717, 1.165) is 5.56 Å². The van der Waals surface area contributed by atoms with Crippen molar-refractivity contribution < 1.29 is 22.4 Å². The summed E-state index contributed by atoms with van der Waals surface area (Å²) in [5.41, 5.74) is 1.36. The van der Waals surface area contributed by atoms with Crippen LogP contribution < -0.4 is 0 Å². The lowest BCUT2D eigenvalue weighted by Crippen LogP contribution is -2.11. The van der Waals surface area contributed by atoms with Crippen molar-refractivity contribution in [3.05, 3.63) is 29.3 Å². The molecule has 0 saturated carbocycles. The summed E-state index contributed by atoms with van der Waals surface area (Å²) in [6, 6.07) is 4.73. The van der Waals surface area contributed by atoms with Crippen LogP contribution in [0, 0.1) is 6.92 Å². The number of aryl methyl sites for hydroxylation is 1. The molecule has 0 radical (unpaired) electrons. The fourth-order valence-corrected chi connectivity index (χ4v) is 2.50. The van der Waals surface area contributed by atoms with Crippen LogP contribution in [-0.2, 0) is 19.6 Å². The third-order valence-corrected chi connectivity index (χ3v) is 3.61.